The first-order chi connectivity index (χ1) is 8.40. The van der Waals surface area contributed by atoms with Crippen molar-refractivity contribution in [3.63, 3.8) is 0 Å². The largest absolute Gasteiger partial charge is 0.461 e. The molecule has 0 radical (unpaired) electrons. The maximum absolute atomic E-state index is 5.27. The van der Waals surface area contributed by atoms with Crippen LogP contribution in [0.25, 0.3) is 11.3 Å². The molecule has 0 saturated heterocycles. The van der Waals surface area contributed by atoms with E-state index in [0.29, 0.717) is 19.2 Å². The molecule has 0 fully saturated rings. The first kappa shape index (κ1) is 11.5. The zero-order chi connectivity index (χ0) is 11.9. The van der Waals surface area contributed by atoms with Crippen molar-refractivity contribution in [1.82, 2.24) is 15.0 Å². The lowest BCUT2D eigenvalue weighted by molar-refractivity contribution is 0.141. The Balaban J connectivity index is 2.03. The summed E-state index contributed by atoms with van der Waals surface area (Å²) in [7, 11) is 1.62. The third-order valence-corrected chi connectivity index (χ3v) is 2.11. The van der Waals surface area contributed by atoms with Crippen molar-refractivity contribution < 1.29 is 9.47 Å². The van der Waals surface area contributed by atoms with E-state index in [1.165, 1.54) is 0 Å². The highest BCUT2D eigenvalue weighted by molar-refractivity contribution is 5.56. The summed E-state index contributed by atoms with van der Waals surface area (Å²) in [6, 6.07) is 6.05. The number of hydrogen-bond donors (Lipinski definition) is 0. The molecule has 0 N–H and O–H groups in total. The number of aromatic nitrogens is 3. The van der Waals surface area contributed by atoms with Crippen LogP contribution in [0.15, 0.2) is 36.8 Å². The van der Waals surface area contributed by atoms with E-state index in [4.69, 9.17) is 9.47 Å². The fraction of sp³-hybridized carbons (Fsp3) is 0.250. The Kier molecular flexibility index (Phi) is 3.99. The van der Waals surface area contributed by atoms with Gasteiger partial charge in [0.25, 0.3) is 0 Å². The van der Waals surface area contributed by atoms with Crippen LogP contribution >= 0.6 is 0 Å². The van der Waals surface area contributed by atoms with Gasteiger partial charge in [0, 0.05) is 31.3 Å². The van der Waals surface area contributed by atoms with Gasteiger partial charge < -0.3 is 9.47 Å². The summed E-state index contributed by atoms with van der Waals surface area (Å²) >= 11 is 0. The molecule has 0 saturated carbocycles. The van der Waals surface area contributed by atoms with Gasteiger partial charge in [-0.2, -0.15) is 0 Å². The smallest absolute Gasteiger partial charge is 0.316 e. The van der Waals surface area contributed by atoms with Crippen LogP contribution in [0.3, 0.4) is 0 Å². The topological polar surface area (TPSA) is 57.1 Å². The summed E-state index contributed by atoms with van der Waals surface area (Å²) in [4.78, 5) is 12.4. The molecular weight excluding hydrogens is 218 g/mol. The summed E-state index contributed by atoms with van der Waals surface area (Å²) in [5, 5.41) is 0. The van der Waals surface area contributed by atoms with Crippen LogP contribution in [0.5, 0.6) is 6.01 Å². The van der Waals surface area contributed by atoms with Gasteiger partial charge in [-0.25, -0.2) is 9.97 Å². The quantitative estimate of drug-likeness (QED) is 0.731. The van der Waals surface area contributed by atoms with E-state index in [2.05, 4.69) is 15.0 Å². The lowest BCUT2D eigenvalue weighted by Crippen LogP contribution is -2.06. The standard InChI is InChI=1S/C12H13N3O2/c1-16-6-7-17-12-14-8-10(9-15-12)11-4-2-3-5-13-11/h2-5,8-9H,6-7H2,1H3. The van der Waals surface area contributed by atoms with Crippen LogP contribution in [0.1, 0.15) is 0 Å². The van der Waals surface area contributed by atoms with Gasteiger partial charge in [0.15, 0.2) is 0 Å². The van der Waals surface area contributed by atoms with Crippen LogP contribution in [0.4, 0.5) is 0 Å². The Morgan fingerprint density at radius 2 is 1.88 bits per heavy atom. The van der Waals surface area contributed by atoms with Crippen molar-refractivity contribution >= 4 is 0 Å². The SMILES string of the molecule is COCCOc1ncc(-c2ccccn2)cn1. The molecule has 88 valence electrons. The summed E-state index contributed by atoms with van der Waals surface area (Å²) in [6.45, 7) is 0.963. The minimum absolute atomic E-state index is 0.349. The zero-order valence-electron chi connectivity index (χ0n) is 9.54. The fourth-order valence-corrected chi connectivity index (χ4v) is 1.27. The first-order valence-electron chi connectivity index (χ1n) is 5.25. The molecule has 17 heavy (non-hydrogen) atoms. The maximum Gasteiger partial charge on any atom is 0.316 e. The molecule has 0 aliphatic heterocycles. The zero-order valence-corrected chi connectivity index (χ0v) is 9.54. The van der Waals surface area contributed by atoms with E-state index in [-0.39, 0.29) is 0 Å². The number of rotatable bonds is 5. The molecule has 0 amide bonds. The van der Waals surface area contributed by atoms with Crippen LogP contribution < -0.4 is 4.74 Å². The minimum Gasteiger partial charge on any atom is -0.461 e. The third kappa shape index (κ3) is 3.22. The molecule has 0 atom stereocenters. The fourth-order valence-electron chi connectivity index (χ4n) is 1.27. The molecule has 0 aliphatic rings. The van der Waals surface area contributed by atoms with Gasteiger partial charge in [-0.3, -0.25) is 4.98 Å². The van der Waals surface area contributed by atoms with E-state index in [9.17, 15) is 0 Å². The van der Waals surface area contributed by atoms with Gasteiger partial charge in [-0.1, -0.05) is 6.07 Å². The van der Waals surface area contributed by atoms with Crippen molar-refractivity contribution in [1.29, 1.82) is 0 Å². The van der Waals surface area contributed by atoms with Crippen LogP contribution in [-0.4, -0.2) is 35.3 Å². The number of nitrogens with zero attached hydrogens (tertiary/aromatic N) is 3. The summed E-state index contributed by atoms with van der Waals surface area (Å²) in [5.74, 6) is 0. The first-order valence-corrected chi connectivity index (χ1v) is 5.25. The third-order valence-electron chi connectivity index (χ3n) is 2.11. The number of methoxy groups -OCH3 is 1. The number of ether oxygens (including phenoxy) is 2. The van der Waals surface area contributed by atoms with E-state index in [0.717, 1.165) is 11.3 Å². The Morgan fingerprint density at radius 1 is 1.06 bits per heavy atom. The summed E-state index contributed by atoms with van der Waals surface area (Å²) in [5.41, 5.74) is 1.71. The highest BCUT2D eigenvalue weighted by Gasteiger charge is 2.01. The molecule has 2 aromatic rings. The molecule has 0 aliphatic carbocycles. The summed E-state index contributed by atoms with van der Waals surface area (Å²) in [6.07, 6.45) is 5.12. The molecule has 0 unspecified atom stereocenters. The van der Waals surface area contributed by atoms with Crippen molar-refractivity contribution in [2.75, 3.05) is 20.3 Å². The average Bonchev–Trinajstić information content (AvgIpc) is 2.41. The van der Waals surface area contributed by atoms with Crippen molar-refractivity contribution in [3.8, 4) is 17.3 Å². The van der Waals surface area contributed by atoms with E-state index in [1.54, 1.807) is 25.7 Å². The van der Waals surface area contributed by atoms with Crippen molar-refractivity contribution in [2.45, 2.75) is 0 Å². The second-order valence-electron chi connectivity index (χ2n) is 3.31. The highest BCUT2D eigenvalue weighted by atomic mass is 16.5. The molecule has 5 nitrogen and oxygen atoms in total. The second-order valence-corrected chi connectivity index (χ2v) is 3.31. The van der Waals surface area contributed by atoms with Gasteiger partial charge >= 0.3 is 6.01 Å². The van der Waals surface area contributed by atoms with Crippen molar-refractivity contribution in [2.24, 2.45) is 0 Å². The molecule has 2 rings (SSSR count). The maximum atomic E-state index is 5.27. The average molecular weight is 231 g/mol. The van der Waals surface area contributed by atoms with Crippen LogP contribution in [0.2, 0.25) is 0 Å². The Labute approximate surface area is 99.5 Å². The molecule has 0 spiro atoms. The highest BCUT2D eigenvalue weighted by Crippen LogP contribution is 2.14. The molecule has 0 aromatic carbocycles. The lowest BCUT2D eigenvalue weighted by Gasteiger charge is -2.04. The Hall–Kier alpha value is -2.01. The molecular formula is C12H13N3O2. The van der Waals surface area contributed by atoms with Gasteiger partial charge in [-0.05, 0) is 12.1 Å². The summed E-state index contributed by atoms with van der Waals surface area (Å²) < 4.78 is 10.1. The Morgan fingerprint density at radius 3 is 2.53 bits per heavy atom. The van der Waals surface area contributed by atoms with Gasteiger partial charge in [0.05, 0.1) is 12.3 Å². The van der Waals surface area contributed by atoms with Gasteiger partial charge in [0.1, 0.15) is 6.61 Å². The van der Waals surface area contributed by atoms with Gasteiger partial charge in [-0.15, -0.1) is 0 Å². The van der Waals surface area contributed by atoms with Crippen molar-refractivity contribution in [3.05, 3.63) is 36.8 Å². The van der Waals surface area contributed by atoms with Crippen LogP contribution in [0, 0.1) is 0 Å². The molecule has 0 bridgehead atoms. The minimum atomic E-state index is 0.349. The van der Waals surface area contributed by atoms with E-state index < -0.39 is 0 Å². The molecule has 2 heterocycles. The normalized spacial score (nSPS) is 10.2. The number of pyridine rings is 1. The van der Waals surface area contributed by atoms with E-state index in [1.807, 2.05) is 18.2 Å². The molecule has 2 aromatic heterocycles. The van der Waals surface area contributed by atoms with Gasteiger partial charge in [0.2, 0.25) is 0 Å². The van der Waals surface area contributed by atoms with E-state index >= 15 is 0 Å². The predicted molar refractivity (Wildman–Crippen MR) is 62.6 cm³/mol. The Bertz CT molecular complexity index is 445. The monoisotopic (exact) mass is 231 g/mol. The lowest BCUT2D eigenvalue weighted by atomic mass is 10.2. The van der Waals surface area contributed by atoms with Crippen LogP contribution in [-0.2, 0) is 4.74 Å². The predicted octanol–water partition coefficient (Wildman–Crippen LogP) is 1.56. The number of hydrogen-bond acceptors (Lipinski definition) is 5. The second kappa shape index (κ2) is 5.91. The molecule has 5 heteroatoms.